The summed E-state index contributed by atoms with van der Waals surface area (Å²) in [6.45, 7) is 3.62. The van der Waals surface area contributed by atoms with Crippen molar-refractivity contribution >= 4 is 12.0 Å². The second-order valence-electron chi connectivity index (χ2n) is 4.65. The molecule has 2 amide bonds. The molecule has 1 rings (SSSR count). The van der Waals surface area contributed by atoms with Gasteiger partial charge in [0.15, 0.2) is 0 Å². The normalized spacial score (nSPS) is 13.6. The topological polar surface area (TPSA) is 96.3 Å². The molecular weight excluding hydrogens is 248 g/mol. The van der Waals surface area contributed by atoms with Crippen molar-refractivity contribution in [3.8, 4) is 0 Å². The lowest BCUT2D eigenvalue weighted by atomic mass is 9.97. The molecule has 19 heavy (non-hydrogen) atoms. The summed E-state index contributed by atoms with van der Waals surface area (Å²) in [7, 11) is 1.82. The molecule has 0 bridgehead atoms. The fourth-order valence-corrected chi connectivity index (χ4v) is 1.74. The van der Waals surface area contributed by atoms with Crippen LogP contribution in [0.25, 0.3) is 0 Å². The monoisotopic (exact) mass is 268 g/mol. The number of carboxylic acid groups (broad SMARTS) is 1. The number of amides is 2. The van der Waals surface area contributed by atoms with Gasteiger partial charge in [0, 0.05) is 19.4 Å². The number of nitrogens with zero attached hydrogens (tertiary/aromatic N) is 2. The molecular formula is C12H20N4O3. The van der Waals surface area contributed by atoms with E-state index in [0.717, 1.165) is 0 Å². The Bertz CT molecular complexity index is 458. The molecule has 0 aromatic carbocycles. The zero-order valence-electron chi connectivity index (χ0n) is 11.4. The lowest BCUT2D eigenvalue weighted by molar-refractivity contribution is -0.144. The molecule has 7 heteroatoms. The van der Waals surface area contributed by atoms with Crippen LogP contribution in [0.15, 0.2) is 12.4 Å². The van der Waals surface area contributed by atoms with Crippen molar-refractivity contribution in [2.45, 2.75) is 38.8 Å². The first-order valence-corrected chi connectivity index (χ1v) is 6.14. The summed E-state index contributed by atoms with van der Waals surface area (Å²) >= 11 is 0. The Hall–Kier alpha value is -2.05. The highest BCUT2D eigenvalue weighted by Gasteiger charge is 2.33. The number of aromatic nitrogens is 2. The number of carbonyl (C=O) groups is 2. The van der Waals surface area contributed by atoms with Crippen LogP contribution in [0.1, 0.15) is 32.5 Å². The summed E-state index contributed by atoms with van der Waals surface area (Å²) in [5.41, 5.74) is -1.25. The number of rotatable bonds is 6. The van der Waals surface area contributed by atoms with E-state index in [9.17, 15) is 9.59 Å². The van der Waals surface area contributed by atoms with E-state index < -0.39 is 17.5 Å². The quantitative estimate of drug-likeness (QED) is 0.713. The number of aryl methyl sites for hydroxylation is 1. The van der Waals surface area contributed by atoms with Crippen LogP contribution in [-0.2, 0) is 18.4 Å². The van der Waals surface area contributed by atoms with E-state index in [1.807, 2.05) is 14.0 Å². The van der Waals surface area contributed by atoms with Gasteiger partial charge in [-0.1, -0.05) is 13.3 Å². The highest BCUT2D eigenvalue weighted by molar-refractivity contribution is 5.85. The zero-order valence-corrected chi connectivity index (χ0v) is 11.4. The first kappa shape index (κ1) is 15.0. The predicted octanol–water partition coefficient (Wildman–Crippen LogP) is 0.863. The molecule has 0 spiro atoms. The third-order valence-electron chi connectivity index (χ3n) is 2.94. The Morgan fingerprint density at radius 3 is 2.68 bits per heavy atom. The molecule has 0 saturated carbocycles. The molecule has 1 unspecified atom stereocenters. The Morgan fingerprint density at radius 2 is 2.21 bits per heavy atom. The maximum atomic E-state index is 11.7. The molecule has 3 N–H and O–H groups in total. The van der Waals surface area contributed by atoms with Crippen LogP contribution in [0.4, 0.5) is 4.79 Å². The molecule has 1 heterocycles. The maximum absolute atomic E-state index is 11.7. The van der Waals surface area contributed by atoms with Crippen LogP contribution < -0.4 is 10.6 Å². The molecule has 0 aliphatic rings. The summed E-state index contributed by atoms with van der Waals surface area (Å²) in [6.07, 6.45) is 4.45. The van der Waals surface area contributed by atoms with E-state index in [1.165, 1.54) is 6.92 Å². The van der Waals surface area contributed by atoms with Gasteiger partial charge in [-0.15, -0.1) is 0 Å². The van der Waals surface area contributed by atoms with Crippen LogP contribution in [0.5, 0.6) is 0 Å². The van der Waals surface area contributed by atoms with Gasteiger partial charge >= 0.3 is 12.0 Å². The summed E-state index contributed by atoms with van der Waals surface area (Å²) in [4.78, 5) is 27.0. The van der Waals surface area contributed by atoms with Gasteiger partial charge in [0.2, 0.25) is 0 Å². The van der Waals surface area contributed by atoms with Crippen LogP contribution >= 0.6 is 0 Å². The average molecular weight is 268 g/mol. The third kappa shape index (κ3) is 3.97. The van der Waals surface area contributed by atoms with Crippen LogP contribution in [0.3, 0.4) is 0 Å². The number of hydrogen-bond donors (Lipinski definition) is 3. The predicted molar refractivity (Wildman–Crippen MR) is 69.5 cm³/mol. The van der Waals surface area contributed by atoms with Gasteiger partial charge in [0.05, 0.1) is 6.54 Å². The first-order chi connectivity index (χ1) is 8.89. The van der Waals surface area contributed by atoms with Gasteiger partial charge in [-0.3, -0.25) is 0 Å². The fourth-order valence-electron chi connectivity index (χ4n) is 1.74. The summed E-state index contributed by atoms with van der Waals surface area (Å²) < 4.78 is 1.78. The van der Waals surface area contributed by atoms with Gasteiger partial charge in [-0.25, -0.2) is 14.6 Å². The largest absolute Gasteiger partial charge is 0.480 e. The van der Waals surface area contributed by atoms with Crippen LogP contribution in [0.2, 0.25) is 0 Å². The Kier molecular flexibility index (Phi) is 4.91. The molecule has 0 saturated heterocycles. The van der Waals surface area contributed by atoms with E-state index in [2.05, 4.69) is 15.6 Å². The van der Waals surface area contributed by atoms with Crippen molar-refractivity contribution in [2.24, 2.45) is 7.05 Å². The third-order valence-corrected chi connectivity index (χ3v) is 2.94. The Morgan fingerprint density at radius 1 is 1.53 bits per heavy atom. The van der Waals surface area contributed by atoms with Gasteiger partial charge in [0.25, 0.3) is 0 Å². The molecule has 0 radical (unpaired) electrons. The zero-order chi connectivity index (χ0) is 14.5. The number of aliphatic carboxylic acids is 1. The SMILES string of the molecule is CCCC(C)(NC(=O)NCc1nccn1C)C(=O)O. The summed E-state index contributed by atoms with van der Waals surface area (Å²) in [6, 6.07) is -0.513. The number of urea groups is 1. The number of carboxylic acids is 1. The number of imidazole rings is 1. The molecule has 106 valence electrons. The van der Waals surface area contributed by atoms with Gasteiger partial charge in [-0.2, -0.15) is 0 Å². The van der Waals surface area contributed by atoms with Crippen LogP contribution in [0, 0.1) is 0 Å². The maximum Gasteiger partial charge on any atom is 0.329 e. The second kappa shape index (κ2) is 6.21. The molecule has 0 aliphatic heterocycles. The highest BCUT2D eigenvalue weighted by Crippen LogP contribution is 2.12. The first-order valence-electron chi connectivity index (χ1n) is 6.14. The molecule has 0 aliphatic carbocycles. The van der Waals surface area contributed by atoms with E-state index in [1.54, 1.807) is 17.0 Å². The average Bonchev–Trinajstić information content (AvgIpc) is 2.72. The summed E-state index contributed by atoms with van der Waals surface area (Å²) in [5, 5.41) is 14.2. The molecule has 0 fully saturated rings. The number of hydrogen-bond acceptors (Lipinski definition) is 3. The Labute approximate surface area is 112 Å². The van der Waals surface area contributed by atoms with Gasteiger partial charge < -0.3 is 20.3 Å². The van der Waals surface area contributed by atoms with Crippen molar-refractivity contribution < 1.29 is 14.7 Å². The lowest BCUT2D eigenvalue weighted by Gasteiger charge is -2.25. The van der Waals surface area contributed by atoms with E-state index in [0.29, 0.717) is 18.7 Å². The van der Waals surface area contributed by atoms with Crippen molar-refractivity contribution in [3.63, 3.8) is 0 Å². The summed E-state index contributed by atoms with van der Waals surface area (Å²) in [5.74, 6) is -0.343. The number of carbonyl (C=O) groups excluding carboxylic acids is 1. The van der Waals surface area contributed by atoms with Gasteiger partial charge in [0.1, 0.15) is 11.4 Å². The van der Waals surface area contributed by atoms with Crippen molar-refractivity contribution in [1.82, 2.24) is 20.2 Å². The molecule has 7 nitrogen and oxygen atoms in total. The smallest absolute Gasteiger partial charge is 0.329 e. The molecule has 1 aromatic heterocycles. The Balaban J connectivity index is 2.54. The number of nitrogens with one attached hydrogen (secondary N) is 2. The van der Waals surface area contributed by atoms with E-state index in [4.69, 9.17) is 5.11 Å². The van der Waals surface area contributed by atoms with Crippen LogP contribution in [-0.4, -0.2) is 32.2 Å². The minimum Gasteiger partial charge on any atom is -0.480 e. The van der Waals surface area contributed by atoms with Crippen molar-refractivity contribution in [1.29, 1.82) is 0 Å². The van der Waals surface area contributed by atoms with E-state index in [-0.39, 0.29) is 6.54 Å². The highest BCUT2D eigenvalue weighted by atomic mass is 16.4. The minimum atomic E-state index is -1.25. The molecule has 1 aromatic rings. The lowest BCUT2D eigenvalue weighted by Crippen LogP contribution is -2.55. The molecule has 1 atom stereocenters. The van der Waals surface area contributed by atoms with Gasteiger partial charge in [-0.05, 0) is 13.3 Å². The van der Waals surface area contributed by atoms with Crippen molar-refractivity contribution in [2.75, 3.05) is 0 Å². The standard InChI is InChI=1S/C12H20N4O3/c1-4-5-12(2,10(17)18)15-11(19)14-8-9-13-6-7-16(9)3/h6-7H,4-5,8H2,1-3H3,(H,17,18)(H2,14,15,19). The fraction of sp³-hybridized carbons (Fsp3) is 0.583. The second-order valence-corrected chi connectivity index (χ2v) is 4.65. The van der Waals surface area contributed by atoms with E-state index >= 15 is 0 Å². The minimum absolute atomic E-state index is 0.247. The van der Waals surface area contributed by atoms with Crippen molar-refractivity contribution in [3.05, 3.63) is 18.2 Å².